The number of benzene rings is 1. The van der Waals surface area contributed by atoms with Crippen molar-refractivity contribution in [1.82, 2.24) is 0 Å². The normalized spacial score (nSPS) is 22.2. The highest BCUT2D eigenvalue weighted by atomic mass is 32.1. The number of thiol groups is 1. The van der Waals surface area contributed by atoms with Crippen LogP contribution in [0.4, 0.5) is 8.78 Å². The molecule has 0 radical (unpaired) electrons. The molecular weight excluding hydrogens is 601 g/mol. The molecule has 0 saturated heterocycles. The Morgan fingerprint density at radius 2 is 1.68 bits per heavy atom. The van der Waals surface area contributed by atoms with Crippen molar-refractivity contribution in [2.45, 2.75) is 155 Å². The summed E-state index contributed by atoms with van der Waals surface area (Å²) in [5.74, 6) is 0.107. The molecular formula is C43H69F2NS. The molecule has 7 atom stereocenters. The minimum Gasteiger partial charge on any atom is -0.327 e. The molecule has 4 heteroatoms. The Hall–Kier alpha value is -1.65. The second kappa shape index (κ2) is 22.1. The molecule has 1 aromatic rings. The Labute approximate surface area is 294 Å². The van der Waals surface area contributed by atoms with Crippen molar-refractivity contribution < 1.29 is 8.78 Å². The number of unbranched alkanes of at least 4 members (excludes halogenated alkanes) is 3. The van der Waals surface area contributed by atoms with Crippen LogP contribution >= 0.6 is 12.6 Å². The van der Waals surface area contributed by atoms with E-state index >= 15 is 0 Å². The monoisotopic (exact) mass is 670 g/mol. The molecule has 0 amide bonds. The van der Waals surface area contributed by atoms with Crippen LogP contribution in [-0.4, -0.2) is 11.3 Å². The number of hydrogen-bond donors (Lipinski definition) is 2. The average Bonchev–Trinajstić information content (AvgIpc) is 3.28. The summed E-state index contributed by atoms with van der Waals surface area (Å²) >= 11 is 4.80. The van der Waals surface area contributed by atoms with Crippen molar-refractivity contribution in [3.8, 4) is 0 Å². The van der Waals surface area contributed by atoms with Crippen LogP contribution in [0.25, 0.3) is 0 Å². The SMILES string of the molecule is C=C(CCC/C=C\C[C@@H]1C(/C=C/[C@@H](S)CCc2cccc(C(C)(F)F)c2)[C@H](C)C[C@@H]1N)CC(C)CC(=C)CCCCC(C)CCCC. The van der Waals surface area contributed by atoms with E-state index in [0.29, 0.717) is 23.7 Å². The summed E-state index contributed by atoms with van der Waals surface area (Å²) in [4.78, 5) is 0. The van der Waals surface area contributed by atoms with Gasteiger partial charge in [-0.25, -0.2) is 8.78 Å². The zero-order valence-electron chi connectivity index (χ0n) is 30.7. The van der Waals surface area contributed by atoms with Crippen molar-refractivity contribution in [2.24, 2.45) is 35.3 Å². The Kier molecular flexibility index (Phi) is 19.6. The fourth-order valence-corrected chi connectivity index (χ4v) is 7.70. The van der Waals surface area contributed by atoms with E-state index in [0.717, 1.165) is 76.2 Å². The largest absolute Gasteiger partial charge is 0.327 e. The number of aryl methyl sites for hydroxylation is 1. The van der Waals surface area contributed by atoms with Crippen molar-refractivity contribution in [3.63, 3.8) is 0 Å². The van der Waals surface area contributed by atoms with Crippen molar-refractivity contribution >= 4 is 12.6 Å². The first-order valence-corrected chi connectivity index (χ1v) is 19.4. The summed E-state index contributed by atoms with van der Waals surface area (Å²) in [6.07, 6.45) is 27.6. The van der Waals surface area contributed by atoms with Gasteiger partial charge in [-0.2, -0.15) is 12.6 Å². The third kappa shape index (κ3) is 17.0. The molecule has 1 fully saturated rings. The molecule has 2 rings (SSSR count). The first-order chi connectivity index (χ1) is 22.3. The zero-order chi connectivity index (χ0) is 34.8. The molecule has 0 aromatic heterocycles. The van der Waals surface area contributed by atoms with E-state index in [2.05, 4.69) is 65.2 Å². The Morgan fingerprint density at radius 1 is 1.00 bits per heavy atom. The lowest BCUT2D eigenvalue weighted by Gasteiger charge is -2.21. The maximum Gasteiger partial charge on any atom is 0.270 e. The third-order valence-corrected chi connectivity index (χ3v) is 10.8. The summed E-state index contributed by atoms with van der Waals surface area (Å²) in [6, 6.07) is 6.98. The molecule has 3 unspecified atom stereocenters. The van der Waals surface area contributed by atoms with E-state index in [1.165, 1.54) is 62.2 Å². The smallest absolute Gasteiger partial charge is 0.270 e. The quantitative estimate of drug-likeness (QED) is 0.0639. The lowest BCUT2D eigenvalue weighted by atomic mass is 9.86. The predicted molar refractivity (Wildman–Crippen MR) is 206 cm³/mol. The molecule has 0 bridgehead atoms. The highest BCUT2D eigenvalue weighted by Gasteiger charge is 2.36. The van der Waals surface area contributed by atoms with Crippen LogP contribution in [0.3, 0.4) is 0 Å². The maximum atomic E-state index is 13.7. The van der Waals surface area contributed by atoms with Crippen LogP contribution in [0.1, 0.15) is 142 Å². The first-order valence-electron chi connectivity index (χ1n) is 18.9. The van der Waals surface area contributed by atoms with Gasteiger partial charge in [0.2, 0.25) is 0 Å². The highest BCUT2D eigenvalue weighted by Crippen LogP contribution is 2.39. The molecule has 1 nitrogen and oxygen atoms in total. The van der Waals surface area contributed by atoms with Gasteiger partial charge >= 0.3 is 0 Å². The summed E-state index contributed by atoms with van der Waals surface area (Å²) in [7, 11) is 0. The van der Waals surface area contributed by atoms with Crippen molar-refractivity contribution in [2.75, 3.05) is 0 Å². The molecule has 266 valence electrons. The van der Waals surface area contributed by atoms with Crippen LogP contribution in [0, 0.1) is 29.6 Å². The molecule has 1 saturated carbocycles. The van der Waals surface area contributed by atoms with Gasteiger partial charge in [0.1, 0.15) is 0 Å². The van der Waals surface area contributed by atoms with Crippen LogP contribution in [-0.2, 0) is 12.3 Å². The van der Waals surface area contributed by atoms with Crippen LogP contribution < -0.4 is 5.73 Å². The molecule has 1 aliphatic carbocycles. The minimum atomic E-state index is -2.81. The minimum absolute atomic E-state index is 0.0754. The fourth-order valence-electron chi connectivity index (χ4n) is 7.47. The molecule has 0 aliphatic heterocycles. The van der Waals surface area contributed by atoms with Crippen molar-refractivity contribution in [3.05, 3.63) is 84.0 Å². The van der Waals surface area contributed by atoms with E-state index in [-0.39, 0.29) is 16.9 Å². The topological polar surface area (TPSA) is 26.0 Å². The van der Waals surface area contributed by atoms with Gasteiger partial charge < -0.3 is 5.73 Å². The number of halogens is 2. The second-order valence-corrected chi connectivity index (χ2v) is 16.0. The molecule has 0 heterocycles. The van der Waals surface area contributed by atoms with Gasteiger partial charge in [0.15, 0.2) is 0 Å². The van der Waals surface area contributed by atoms with E-state index in [9.17, 15) is 8.78 Å². The number of rotatable bonds is 24. The summed E-state index contributed by atoms with van der Waals surface area (Å²) in [5, 5.41) is 0.0870. The lowest BCUT2D eigenvalue weighted by Crippen LogP contribution is -2.26. The molecule has 47 heavy (non-hydrogen) atoms. The van der Waals surface area contributed by atoms with Gasteiger partial charge in [-0.3, -0.25) is 0 Å². The van der Waals surface area contributed by atoms with Gasteiger partial charge in [-0.1, -0.05) is 127 Å². The van der Waals surface area contributed by atoms with E-state index in [1.54, 1.807) is 12.1 Å². The van der Waals surface area contributed by atoms with Crippen molar-refractivity contribution in [1.29, 1.82) is 0 Å². The van der Waals surface area contributed by atoms with E-state index in [4.69, 9.17) is 18.4 Å². The number of nitrogens with two attached hydrogens (primary N) is 1. The maximum absolute atomic E-state index is 13.7. The lowest BCUT2D eigenvalue weighted by molar-refractivity contribution is 0.0174. The second-order valence-electron chi connectivity index (χ2n) is 15.3. The van der Waals surface area contributed by atoms with E-state index in [1.807, 2.05) is 6.07 Å². The Morgan fingerprint density at radius 3 is 2.36 bits per heavy atom. The standard InChI is InChI=1S/C43H69F2NS/c1-8-9-17-32(2)18-14-15-20-34(4)29-35(5)28-33(3)19-12-10-11-13-23-41-40(36(6)30-42(41)46)27-26-39(47)25-24-37-21-16-22-38(31-37)43(7,44)45/h11,13,16,21-22,26-27,31-32,35-36,39-42,47H,3-4,8-10,12,14-15,17-20,23-25,28-30,46H2,1-2,5-7H3/b13-11-,27-26+/t32?,35?,36-,39+,40?,41-,42+/m1/s1. The number of alkyl halides is 2. The van der Waals surface area contributed by atoms with Gasteiger partial charge in [-0.05, 0) is 112 Å². The molecule has 1 aliphatic rings. The highest BCUT2D eigenvalue weighted by molar-refractivity contribution is 7.81. The summed E-state index contributed by atoms with van der Waals surface area (Å²) in [5.41, 5.74) is 10.4. The van der Waals surface area contributed by atoms with Gasteiger partial charge in [0.05, 0.1) is 0 Å². The molecule has 1 aromatic carbocycles. The average molecular weight is 670 g/mol. The summed E-state index contributed by atoms with van der Waals surface area (Å²) in [6.45, 7) is 19.1. The number of hydrogen-bond acceptors (Lipinski definition) is 2. The Balaban J connectivity index is 1.66. The first kappa shape index (κ1) is 41.5. The molecule has 0 spiro atoms. The van der Waals surface area contributed by atoms with Crippen LogP contribution in [0.15, 0.2) is 72.9 Å². The Bertz CT molecular complexity index is 1100. The zero-order valence-corrected chi connectivity index (χ0v) is 31.6. The van der Waals surface area contributed by atoms with Crippen LogP contribution in [0.2, 0.25) is 0 Å². The van der Waals surface area contributed by atoms with Gasteiger partial charge in [0.25, 0.3) is 5.92 Å². The third-order valence-electron chi connectivity index (χ3n) is 10.3. The summed E-state index contributed by atoms with van der Waals surface area (Å²) < 4.78 is 27.4. The van der Waals surface area contributed by atoms with E-state index < -0.39 is 5.92 Å². The fraction of sp³-hybridized carbons (Fsp3) is 0.674. The van der Waals surface area contributed by atoms with Crippen LogP contribution in [0.5, 0.6) is 0 Å². The molecule has 2 N–H and O–H groups in total. The number of allylic oxidation sites excluding steroid dienone is 5. The van der Waals surface area contributed by atoms with Gasteiger partial charge in [0, 0.05) is 23.8 Å². The van der Waals surface area contributed by atoms with Gasteiger partial charge in [-0.15, -0.1) is 0 Å². The predicted octanol–water partition coefficient (Wildman–Crippen LogP) is 13.2.